The molecule has 0 unspecified atom stereocenters. The highest BCUT2D eigenvalue weighted by Crippen LogP contribution is 2.40. The molecule has 0 fully saturated rings. The Balaban J connectivity index is 2.41. The van der Waals surface area contributed by atoms with E-state index in [1.54, 1.807) is 10.6 Å². The summed E-state index contributed by atoms with van der Waals surface area (Å²) in [5.74, 6) is -0.610. The second-order valence-corrected chi connectivity index (χ2v) is 7.38. The van der Waals surface area contributed by atoms with Crippen molar-refractivity contribution in [3.63, 3.8) is 0 Å². The molecule has 2 heterocycles. The van der Waals surface area contributed by atoms with E-state index in [0.29, 0.717) is 15.4 Å². The van der Waals surface area contributed by atoms with Crippen LogP contribution in [0.25, 0.3) is 27.2 Å². The molecule has 0 saturated heterocycles. The van der Waals surface area contributed by atoms with Crippen LogP contribution in [0.2, 0.25) is 0 Å². The fraction of sp³-hybridized carbons (Fsp3) is 0.118. The van der Waals surface area contributed by atoms with Crippen LogP contribution in [-0.2, 0) is 4.79 Å². The number of hydrogen-bond donors (Lipinski definition) is 1. The molecule has 0 aliphatic carbocycles. The minimum atomic E-state index is -0.535. The van der Waals surface area contributed by atoms with Gasteiger partial charge in [-0.1, -0.05) is 0 Å². The second kappa shape index (κ2) is 5.40. The average molecular weight is 466 g/mol. The van der Waals surface area contributed by atoms with Crippen molar-refractivity contribution < 1.29 is 14.6 Å². The molecule has 0 aliphatic rings. The summed E-state index contributed by atoms with van der Waals surface area (Å²) in [5.41, 5.74) is 1.22. The first-order chi connectivity index (χ1) is 11.8. The normalized spacial score (nSPS) is 11.7. The number of ether oxygens (including phenoxy) is 1. The van der Waals surface area contributed by atoms with Crippen LogP contribution in [0.5, 0.6) is 11.5 Å². The lowest BCUT2D eigenvalue weighted by molar-refractivity contribution is -0.131. The number of esters is 1. The summed E-state index contributed by atoms with van der Waals surface area (Å²) in [7, 11) is 0. The Hall–Kier alpha value is -2.19. The summed E-state index contributed by atoms with van der Waals surface area (Å²) in [5, 5.41) is 16.2. The van der Waals surface area contributed by atoms with Crippen LogP contribution in [0.4, 0.5) is 0 Å². The molecule has 1 N–H and O–H groups in total. The molecule has 0 bridgehead atoms. The van der Waals surface area contributed by atoms with Crippen LogP contribution in [0.3, 0.4) is 0 Å². The number of carbonyl (C=O) groups is 1. The van der Waals surface area contributed by atoms with E-state index in [0.717, 1.165) is 11.1 Å². The van der Waals surface area contributed by atoms with Crippen LogP contribution in [-0.4, -0.2) is 20.7 Å². The maximum absolute atomic E-state index is 13.1. The maximum atomic E-state index is 13.1. The van der Waals surface area contributed by atoms with Crippen molar-refractivity contribution in [3.05, 3.63) is 43.1 Å². The number of rotatable bonds is 1. The molecule has 0 radical (unpaired) electrons. The Morgan fingerprint density at radius 2 is 1.92 bits per heavy atom. The van der Waals surface area contributed by atoms with Gasteiger partial charge < -0.3 is 9.84 Å². The van der Waals surface area contributed by atoms with Gasteiger partial charge in [0.15, 0.2) is 5.75 Å². The molecule has 8 heteroatoms. The third-order valence-corrected chi connectivity index (χ3v) is 5.35. The molecular formula is C17H10Br2N2O4. The number of benzene rings is 2. The highest BCUT2D eigenvalue weighted by Gasteiger charge is 2.24. The van der Waals surface area contributed by atoms with E-state index in [9.17, 15) is 14.7 Å². The molecule has 2 aromatic heterocycles. The summed E-state index contributed by atoms with van der Waals surface area (Å²) >= 11 is 6.62. The molecule has 4 aromatic rings. The van der Waals surface area contributed by atoms with E-state index >= 15 is 0 Å². The SMILES string of the molecule is CC(=O)Oc1cc(Br)c(O)c2c(=O)c3c(Br)ccc4c(C)nn(c12)c43. The lowest BCUT2D eigenvalue weighted by Gasteiger charge is -2.12. The van der Waals surface area contributed by atoms with Crippen LogP contribution >= 0.6 is 31.9 Å². The Morgan fingerprint density at radius 3 is 2.60 bits per heavy atom. The van der Waals surface area contributed by atoms with Crippen LogP contribution < -0.4 is 10.2 Å². The Kier molecular flexibility index (Phi) is 3.52. The minimum Gasteiger partial charge on any atom is -0.506 e. The van der Waals surface area contributed by atoms with E-state index in [4.69, 9.17) is 4.74 Å². The molecule has 0 saturated carbocycles. The van der Waals surface area contributed by atoms with Gasteiger partial charge in [0.05, 0.1) is 26.5 Å². The summed E-state index contributed by atoms with van der Waals surface area (Å²) < 4.78 is 7.68. The zero-order valence-electron chi connectivity index (χ0n) is 13.1. The quantitative estimate of drug-likeness (QED) is 0.262. The Bertz CT molecular complexity index is 1260. The molecule has 2 aromatic carbocycles. The predicted molar refractivity (Wildman–Crippen MR) is 101 cm³/mol. The van der Waals surface area contributed by atoms with Gasteiger partial charge in [-0.05, 0) is 50.9 Å². The highest BCUT2D eigenvalue weighted by molar-refractivity contribution is 9.11. The second-order valence-electron chi connectivity index (χ2n) is 5.67. The molecule has 0 aliphatic heterocycles. The van der Waals surface area contributed by atoms with Gasteiger partial charge in [0, 0.05) is 22.8 Å². The van der Waals surface area contributed by atoms with Gasteiger partial charge in [-0.2, -0.15) is 5.10 Å². The molecule has 6 nitrogen and oxygen atoms in total. The third-order valence-electron chi connectivity index (χ3n) is 4.09. The topological polar surface area (TPSA) is 80.9 Å². The van der Waals surface area contributed by atoms with Crippen molar-refractivity contribution in [1.82, 2.24) is 9.61 Å². The first-order valence-electron chi connectivity index (χ1n) is 7.28. The summed E-state index contributed by atoms with van der Waals surface area (Å²) in [6.45, 7) is 3.10. The minimum absolute atomic E-state index is 0.0365. The van der Waals surface area contributed by atoms with Gasteiger partial charge in [-0.15, -0.1) is 0 Å². The Morgan fingerprint density at radius 1 is 1.20 bits per heavy atom. The lowest BCUT2D eigenvalue weighted by atomic mass is 10.1. The number of halogens is 2. The number of aryl methyl sites for hydroxylation is 1. The van der Waals surface area contributed by atoms with Crippen LogP contribution in [0.15, 0.2) is 31.9 Å². The molecule has 25 heavy (non-hydrogen) atoms. The number of phenolic OH excluding ortho intramolecular Hbond substituents is 1. The van der Waals surface area contributed by atoms with Gasteiger partial charge in [0.2, 0.25) is 5.43 Å². The van der Waals surface area contributed by atoms with E-state index in [2.05, 4.69) is 37.0 Å². The van der Waals surface area contributed by atoms with E-state index in [1.165, 1.54) is 13.0 Å². The molecular weight excluding hydrogens is 456 g/mol. The van der Waals surface area contributed by atoms with Crippen molar-refractivity contribution in [3.8, 4) is 11.5 Å². The Labute approximate surface area is 157 Å². The molecule has 126 valence electrons. The van der Waals surface area contributed by atoms with Crippen molar-refractivity contribution in [2.75, 3.05) is 0 Å². The third kappa shape index (κ3) is 2.17. The smallest absolute Gasteiger partial charge is 0.308 e. The lowest BCUT2D eigenvalue weighted by Crippen LogP contribution is -2.11. The standard InChI is InChI=1S/C17H10Br2N2O4/c1-6-8-3-4-9(18)12-14(8)21(20-6)15-11(25-7(2)22)5-10(19)16(23)13(15)17(12)24/h3-5,23H,1-2H3. The van der Waals surface area contributed by atoms with E-state index < -0.39 is 5.97 Å². The van der Waals surface area contributed by atoms with Crippen molar-refractivity contribution in [2.24, 2.45) is 0 Å². The number of carbonyl (C=O) groups excluding carboxylic acids is 1. The number of hydrogen-bond acceptors (Lipinski definition) is 5. The zero-order valence-corrected chi connectivity index (χ0v) is 16.2. The monoisotopic (exact) mass is 464 g/mol. The first kappa shape index (κ1) is 16.3. The van der Waals surface area contributed by atoms with Gasteiger partial charge in [0.1, 0.15) is 11.3 Å². The van der Waals surface area contributed by atoms with Gasteiger partial charge in [0.25, 0.3) is 0 Å². The number of nitrogens with zero attached hydrogens (tertiary/aromatic N) is 2. The summed E-state index contributed by atoms with van der Waals surface area (Å²) in [4.78, 5) is 24.6. The van der Waals surface area contributed by atoms with Crippen molar-refractivity contribution >= 4 is 65.0 Å². The van der Waals surface area contributed by atoms with E-state index in [1.807, 2.05) is 13.0 Å². The fourth-order valence-electron chi connectivity index (χ4n) is 3.10. The number of aromatic hydroxyl groups is 1. The average Bonchev–Trinajstić information content (AvgIpc) is 2.86. The number of fused-ring (bicyclic) bond motifs is 2. The summed E-state index contributed by atoms with van der Waals surface area (Å²) in [6, 6.07) is 5.10. The molecule has 0 amide bonds. The number of aromatic nitrogens is 2. The van der Waals surface area contributed by atoms with E-state index in [-0.39, 0.29) is 32.3 Å². The molecule has 0 spiro atoms. The largest absolute Gasteiger partial charge is 0.506 e. The molecule has 0 atom stereocenters. The van der Waals surface area contributed by atoms with Crippen molar-refractivity contribution in [1.29, 1.82) is 0 Å². The maximum Gasteiger partial charge on any atom is 0.308 e. The van der Waals surface area contributed by atoms with Crippen LogP contribution in [0.1, 0.15) is 12.6 Å². The first-order valence-corrected chi connectivity index (χ1v) is 8.86. The van der Waals surface area contributed by atoms with Crippen molar-refractivity contribution in [2.45, 2.75) is 13.8 Å². The fourth-order valence-corrected chi connectivity index (χ4v) is 4.01. The number of pyridine rings is 1. The van der Waals surface area contributed by atoms with Gasteiger partial charge >= 0.3 is 5.97 Å². The molecule has 4 rings (SSSR count). The highest BCUT2D eigenvalue weighted by atomic mass is 79.9. The van der Waals surface area contributed by atoms with Gasteiger partial charge in [-0.25, -0.2) is 4.52 Å². The summed E-state index contributed by atoms with van der Waals surface area (Å²) in [6.07, 6.45) is 0. The van der Waals surface area contributed by atoms with Gasteiger partial charge in [-0.3, -0.25) is 9.59 Å². The van der Waals surface area contributed by atoms with Crippen LogP contribution in [0, 0.1) is 6.92 Å². The zero-order chi connectivity index (χ0) is 18.0. The predicted octanol–water partition coefficient (Wildman–Crippen LogP) is 3.90. The number of phenols is 1.